The number of halogens is 2. The molecule has 37 heavy (non-hydrogen) atoms. The summed E-state index contributed by atoms with van der Waals surface area (Å²) in [6.07, 6.45) is 3.53. The second-order valence-electron chi connectivity index (χ2n) is 9.20. The number of hydrogen-bond acceptors (Lipinski definition) is 5. The lowest BCUT2D eigenvalue weighted by atomic mass is 10.1. The molecule has 1 aromatic heterocycles. The van der Waals surface area contributed by atoms with Crippen molar-refractivity contribution >= 4 is 34.0 Å². The number of pyridine rings is 1. The molecule has 0 spiro atoms. The summed E-state index contributed by atoms with van der Waals surface area (Å²) in [5.41, 5.74) is 6.41. The fraction of sp³-hybridized carbons (Fsp3) is 0.207. The predicted octanol–water partition coefficient (Wildman–Crippen LogP) is 6.45. The van der Waals surface area contributed by atoms with Gasteiger partial charge in [-0.1, -0.05) is 11.6 Å². The minimum atomic E-state index is -0.325. The van der Waals surface area contributed by atoms with E-state index in [1.54, 1.807) is 6.07 Å². The Hall–Kier alpha value is -3.81. The Kier molecular flexibility index (Phi) is 6.32. The van der Waals surface area contributed by atoms with Gasteiger partial charge in [0.2, 0.25) is 0 Å². The first-order valence-corrected chi connectivity index (χ1v) is 12.6. The van der Waals surface area contributed by atoms with E-state index in [4.69, 9.17) is 26.3 Å². The fourth-order valence-electron chi connectivity index (χ4n) is 4.65. The number of aryl methyl sites for hydroxylation is 1. The SMILES string of the molecule is Cc1ccc(Nc2cc3nc4ccc(F)cc4n(-c4ccc(Cl)cc4)c-3cc2=NC2CCOCC2)cn1. The molecule has 1 aliphatic carbocycles. The highest BCUT2D eigenvalue weighted by atomic mass is 35.5. The first-order valence-electron chi connectivity index (χ1n) is 12.3. The number of nitrogens with one attached hydrogen (secondary N) is 1. The van der Waals surface area contributed by atoms with Crippen LogP contribution in [0.1, 0.15) is 18.5 Å². The van der Waals surface area contributed by atoms with Crippen LogP contribution in [0, 0.1) is 12.7 Å². The Morgan fingerprint density at radius 1 is 1.03 bits per heavy atom. The van der Waals surface area contributed by atoms with Crippen molar-refractivity contribution < 1.29 is 9.13 Å². The molecule has 1 saturated heterocycles. The third kappa shape index (κ3) is 4.92. The first kappa shape index (κ1) is 23.6. The van der Waals surface area contributed by atoms with Crippen molar-refractivity contribution in [2.75, 3.05) is 18.5 Å². The van der Waals surface area contributed by atoms with Gasteiger partial charge in [-0.15, -0.1) is 0 Å². The smallest absolute Gasteiger partial charge is 0.125 e. The van der Waals surface area contributed by atoms with E-state index in [0.29, 0.717) is 29.3 Å². The van der Waals surface area contributed by atoms with Crippen molar-refractivity contribution in [1.82, 2.24) is 14.5 Å². The molecular formula is C29H25ClFN5O. The topological polar surface area (TPSA) is 64.3 Å². The van der Waals surface area contributed by atoms with E-state index in [0.717, 1.165) is 52.3 Å². The molecule has 3 aromatic rings. The summed E-state index contributed by atoms with van der Waals surface area (Å²) in [5, 5.41) is 4.93. The Labute approximate surface area is 218 Å². The van der Waals surface area contributed by atoms with Crippen molar-refractivity contribution in [2.45, 2.75) is 25.8 Å². The van der Waals surface area contributed by atoms with Gasteiger partial charge in [-0.25, -0.2) is 9.37 Å². The monoisotopic (exact) mass is 513 g/mol. The van der Waals surface area contributed by atoms with E-state index in [1.807, 2.05) is 66.2 Å². The summed E-state index contributed by atoms with van der Waals surface area (Å²) in [5.74, 6) is -0.325. The van der Waals surface area contributed by atoms with E-state index in [-0.39, 0.29) is 11.9 Å². The van der Waals surface area contributed by atoms with Gasteiger partial charge in [-0.2, -0.15) is 0 Å². The third-order valence-corrected chi connectivity index (χ3v) is 6.79. The van der Waals surface area contributed by atoms with Crippen LogP contribution in [-0.4, -0.2) is 33.8 Å². The van der Waals surface area contributed by atoms with Gasteiger partial charge in [0.25, 0.3) is 0 Å². The average molecular weight is 514 g/mol. The van der Waals surface area contributed by atoms with Crippen molar-refractivity contribution in [2.24, 2.45) is 4.99 Å². The highest BCUT2D eigenvalue weighted by Crippen LogP contribution is 2.31. The molecular weight excluding hydrogens is 489 g/mol. The number of benzene rings is 3. The Morgan fingerprint density at radius 3 is 2.59 bits per heavy atom. The third-order valence-electron chi connectivity index (χ3n) is 6.54. The van der Waals surface area contributed by atoms with E-state index < -0.39 is 0 Å². The second-order valence-corrected chi connectivity index (χ2v) is 9.64. The summed E-state index contributed by atoms with van der Waals surface area (Å²) in [6.45, 7) is 3.35. The molecule has 6 rings (SSSR count). The molecule has 0 bridgehead atoms. The van der Waals surface area contributed by atoms with E-state index in [2.05, 4.69) is 10.3 Å². The van der Waals surface area contributed by atoms with Crippen LogP contribution in [0.25, 0.3) is 28.1 Å². The van der Waals surface area contributed by atoms with Crippen LogP contribution >= 0.6 is 11.6 Å². The van der Waals surface area contributed by atoms with Crippen LogP contribution in [0.5, 0.6) is 0 Å². The molecule has 3 aliphatic rings. The zero-order valence-corrected chi connectivity index (χ0v) is 21.0. The zero-order chi connectivity index (χ0) is 25.4. The van der Waals surface area contributed by atoms with Crippen LogP contribution < -0.4 is 10.7 Å². The van der Waals surface area contributed by atoms with Crippen LogP contribution in [0.4, 0.5) is 15.8 Å². The minimum Gasteiger partial charge on any atom is -0.381 e. The summed E-state index contributed by atoms with van der Waals surface area (Å²) < 4.78 is 22.0. The van der Waals surface area contributed by atoms with E-state index >= 15 is 0 Å². The maximum Gasteiger partial charge on any atom is 0.125 e. The van der Waals surface area contributed by atoms with Crippen molar-refractivity contribution in [1.29, 1.82) is 0 Å². The molecule has 2 aromatic carbocycles. The number of nitrogens with zero attached hydrogens (tertiary/aromatic N) is 4. The maximum absolute atomic E-state index is 14.4. The first-order chi connectivity index (χ1) is 18.0. The minimum absolute atomic E-state index is 0.151. The normalized spacial score (nSPS) is 14.9. The highest BCUT2D eigenvalue weighted by molar-refractivity contribution is 6.30. The zero-order valence-electron chi connectivity index (χ0n) is 20.3. The maximum atomic E-state index is 14.4. The van der Waals surface area contributed by atoms with Crippen molar-refractivity contribution in [3.63, 3.8) is 0 Å². The quantitative estimate of drug-likeness (QED) is 0.280. The summed E-state index contributed by atoms with van der Waals surface area (Å²) in [7, 11) is 0. The number of aromatic nitrogens is 3. The lowest BCUT2D eigenvalue weighted by molar-refractivity contribution is 0.0864. The fourth-order valence-corrected chi connectivity index (χ4v) is 4.77. The molecule has 0 atom stereocenters. The molecule has 1 fully saturated rings. The van der Waals surface area contributed by atoms with Gasteiger partial charge < -0.3 is 14.6 Å². The molecule has 0 amide bonds. The van der Waals surface area contributed by atoms with Gasteiger partial charge in [0.1, 0.15) is 5.82 Å². The van der Waals surface area contributed by atoms with Crippen LogP contribution in [0.2, 0.25) is 5.02 Å². The molecule has 2 aliphatic heterocycles. The molecule has 0 radical (unpaired) electrons. The van der Waals surface area contributed by atoms with Gasteiger partial charge in [0, 0.05) is 35.7 Å². The van der Waals surface area contributed by atoms with E-state index in [9.17, 15) is 4.39 Å². The largest absolute Gasteiger partial charge is 0.381 e. The Bertz CT molecular complexity index is 1610. The number of ether oxygens (including phenoxy) is 1. The summed E-state index contributed by atoms with van der Waals surface area (Å²) in [4.78, 5) is 14.4. The van der Waals surface area contributed by atoms with Crippen LogP contribution in [-0.2, 0) is 4.74 Å². The predicted molar refractivity (Wildman–Crippen MR) is 144 cm³/mol. The summed E-state index contributed by atoms with van der Waals surface area (Å²) >= 11 is 6.18. The molecule has 1 N–H and O–H groups in total. The number of hydrogen-bond donors (Lipinski definition) is 1. The lowest BCUT2D eigenvalue weighted by Crippen LogP contribution is -2.23. The lowest BCUT2D eigenvalue weighted by Gasteiger charge is -2.22. The number of anilines is 2. The van der Waals surface area contributed by atoms with Crippen molar-refractivity contribution in [3.8, 4) is 17.1 Å². The molecule has 0 saturated carbocycles. The standard InChI is InChI=1S/C29H25ClFN5O/c1-18-2-6-22(17-32-18)34-25-15-27-29(16-26(25)33-21-10-12-37-13-11-21)36(23-7-3-19(30)4-8-23)28-14-20(31)5-9-24(28)35-27/h2-9,14-17,21,34H,10-13H2,1H3. The van der Waals surface area contributed by atoms with Gasteiger partial charge in [-0.3, -0.25) is 9.98 Å². The van der Waals surface area contributed by atoms with Gasteiger partial charge in [0.05, 0.1) is 51.4 Å². The molecule has 8 heteroatoms. The number of rotatable bonds is 4. The molecule has 186 valence electrons. The summed E-state index contributed by atoms with van der Waals surface area (Å²) in [6, 6.07) is 20.3. The second kappa shape index (κ2) is 9.92. The molecule has 6 nitrogen and oxygen atoms in total. The van der Waals surface area contributed by atoms with Gasteiger partial charge in [0.15, 0.2) is 0 Å². The van der Waals surface area contributed by atoms with Crippen molar-refractivity contribution in [3.05, 3.63) is 94.8 Å². The van der Waals surface area contributed by atoms with Gasteiger partial charge >= 0.3 is 0 Å². The van der Waals surface area contributed by atoms with Crippen LogP contribution in [0.15, 0.2) is 77.9 Å². The van der Waals surface area contributed by atoms with E-state index in [1.165, 1.54) is 12.1 Å². The Morgan fingerprint density at radius 2 is 1.84 bits per heavy atom. The van der Waals surface area contributed by atoms with Crippen LogP contribution in [0.3, 0.4) is 0 Å². The Balaban J connectivity index is 1.62. The average Bonchev–Trinajstić information content (AvgIpc) is 2.90. The molecule has 3 heterocycles. The molecule has 0 unspecified atom stereocenters. The highest BCUT2D eigenvalue weighted by Gasteiger charge is 2.19. The van der Waals surface area contributed by atoms with Gasteiger partial charge in [-0.05, 0) is 80.4 Å². The number of fused-ring (bicyclic) bond motifs is 2.